The van der Waals surface area contributed by atoms with Crippen LogP contribution in [0.1, 0.15) is 19.3 Å². The normalized spacial score (nSPS) is 19.2. The molecule has 0 bridgehead atoms. The van der Waals surface area contributed by atoms with Gasteiger partial charge in [0.05, 0.1) is 19.1 Å². The van der Waals surface area contributed by atoms with Crippen LogP contribution in [0.3, 0.4) is 0 Å². The van der Waals surface area contributed by atoms with E-state index >= 15 is 0 Å². The lowest BCUT2D eigenvalue weighted by Crippen LogP contribution is -2.56. The molecule has 1 aliphatic heterocycles. The zero-order valence-electron chi connectivity index (χ0n) is 8.29. The molecule has 14 heavy (non-hydrogen) atoms. The summed E-state index contributed by atoms with van der Waals surface area (Å²) in [5.41, 5.74) is 11.0. The summed E-state index contributed by atoms with van der Waals surface area (Å²) in [5.74, 6) is -0.129. The third kappa shape index (κ3) is 2.92. The van der Waals surface area contributed by atoms with Gasteiger partial charge >= 0.3 is 0 Å². The van der Waals surface area contributed by atoms with E-state index in [2.05, 4.69) is 0 Å². The third-order valence-corrected chi connectivity index (χ3v) is 2.44. The summed E-state index contributed by atoms with van der Waals surface area (Å²) in [7, 11) is 0. The zero-order chi connectivity index (χ0) is 10.6. The summed E-state index contributed by atoms with van der Waals surface area (Å²) in [6, 6.07) is -0.478. The molecule has 82 valence electrons. The fraction of sp³-hybridized carbons (Fsp3) is 0.889. The Balaban J connectivity index is 2.16. The molecule has 0 aromatic rings. The van der Waals surface area contributed by atoms with Crippen molar-refractivity contribution in [1.29, 1.82) is 0 Å². The zero-order valence-corrected chi connectivity index (χ0v) is 8.29. The molecule has 0 aliphatic carbocycles. The van der Waals surface area contributed by atoms with E-state index in [1.807, 2.05) is 0 Å². The van der Waals surface area contributed by atoms with Crippen molar-refractivity contribution in [2.24, 2.45) is 11.5 Å². The van der Waals surface area contributed by atoms with Gasteiger partial charge < -0.3 is 16.4 Å². The molecule has 1 fully saturated rings. The minimum absolute atomic E-state index is 0.129. The molecule has 4 nitrogen and oxygen atoms in total. The maximum Gasteiger partial charge on any atom is 0.239 e. The lowest BCUT2D eigenvalue weighted by molar-refractivity contribution is -0.139. The SMILES string of the molecule is NCCCCC(N)C(=O)N1CC(F)C1. The third-order valence-electron chi connectivity index (χ3n) is 2.44. The van der Waals surface area contributed by atoms with Gasteiger partial charge in [-0.05, 0) is 19.4 Å². The Hall–Kier alpha value is -0.680. The van der Waals surface area contributed by atoms with E-state index < -0.39 is 12.2 Å². The summed E-state index contributed by atoms with van der Waals surface area (Å²) in [6.45, 7) is 1.05. The highest BCUT2D eigenvalue weighted by Crippen LogP contribution is 2.13. The second-order valence-electron chi connectivity index (χ2n) is 3.73. The highest BCUT2D eigenvalue weighted by Gasteiger charge is 2.32. The van der Waals surface area contributed by atoms with Gasteiger partial charge in [0.1, 0.15) is 6.17 Å². The Bertz CT molecular complexity index is 194. The number of unbranched alkanes of at least 4 members (excludes halogenated alkanes) is 1. The first-order valence-corrected chi connectivity index (χ1v) is 5.03. The van der Waals surface area contributed by atoms with Crippen molar-refractivity contribution in [2.45, 2.75) is 31.5 Å². The van der Waals surface area contributed by atoms with Crippen LogP contribution in [-0.4, -0.2) is 42.7 Å². The predicted octanol–water partition coefficient (Wildman–Crippen LogP) is -0.377. The van der Waals surface area contributed by atoms with Gasteiger partial charge in [-0.1, -0.05) is 6.42 Å². The minimum Gasteiger partial charge on any atom is -0.335 e. The van der Waals surface area contributed by atoms with E-state index in [0.29, 0.717) is 13.0 Å². The number of amides is 1. The molecular formula is C9H18FN3O. The summed E-state index contributed by atoms with van der Waals surface area (Å²) in [5, 5.41) is 0. The van der Waals surface area contributed by atoms with Gasteiger partial charge in [-0.15, -0.1) is 0 Å². The molecule has 1 unspecified atom stereocenters. The van der Waals surface area contributed by atoms with Gasteiger partial charge in [0, 0.05) is 0 Å². The van der Waals surface area contributed by atoms with Crippen molar-refractivity contribution in [1.82, 2.24) is 4.90 Å². The van der Waals surface area contributed by atoms with Gasteiger partial charge in [-0.2, -0.15) is 0 Å². The number of halogens is 1. The van der Waals surface area contributed by atoms with E-state index in [-0.39, 0.29) is 19.0 Å². The van der Waals surface area contributed by atoms with Crippen LogP contribution in [0.5, 0.6) is 0 Å². The minimum atomic E-state index is -0.852. The van der Waals surface area contributed by atoms with Crippen LogP contribution in [0.25, 0.3) is 0 Å². The Morgan fingerprint density at radius 2 is 2.14 bits per heavy atom. The van der Waals surface area contributed by atoms with Gasteiger partial charge in [-0.25, -0.2) is 4.39 Å². The number of hydrogen-bond donors (Lipinski definition) is 2. The lowest BCUT2D eigenvalue weighted by atomic mass is 10.1. The van der Waals surface area contributed by atoms with Crippen LogP contribution in [-0.2, 0) is 4.79 Å². The van der Waals surface area contributed by atoms with Gasteiger partial charge in [-0.3, -0.25) is 4.79 Å². The maximum absolute atomic E-state index is 12.4. The average Bonchev–Trinajstić information content (AvgIpc) is 2.12. The molecule has 5 heteroatoms. The van der Waals surface area contributed by atoms with E-state index in [0.717, 1.165) is 12.8 Å². The molecule has 1 atom stereocenters. The first-order chi connectivity index (χ1) is 6.65. The number of carbonyl (C=O) groups excluding carboxylic acids is 1. The van der Waals surface area contributed by atoms with Crippen LogP contribution >= 0.6 is 0 Å². The maximum atomic E-state index is 12.4. The fourth-order valence-electron chi connectivity index (χ4n) is 1.47. The highest BCUT2D eigenvalue weighted by atomic mass is 19.1. The summed E-state index contributed by atoms with van der Waals surface area (Å²) >= 11 is 0. The molecule has 0 aromatic heterocycles. The van der Waals surface area contributed by atoms with Crippen molar-refractivity contribution >= 4 is 5.91 Å². The lowest BCUT2D eigenvalue weighted by Gasteiger charge is -2.36. The first-order valence-electron chi connectivity index (χ1n) is 5.03. The predicted molar refractivity (Wildman–Crippen MR) is 52.4 cm³/mol. The van der Waals surface area contributed by atoms with Crippen LogP contribution in [0.2, 0.25) is 0 Å². The monoisotopic (exact) mass is 203 g/mol. The van der Waals surface area contributed by atoms with E-state index in [4.69, 9.17) is 11.5 Å². The number of carbonyl (C=O) groups is 1. The van der Waals surface area contributed by atoms with Crippen LogP contribution in [0.15, 0.2) is 0 Å². The molecule has 1 heterocycles. The second-order valence-corrected chi connectivity index (χ2v) is 3.73. The van der Waals surface area contributed by atoms with E-state index in [1.54, 1.807) is 0 Å². The number of nitrogens with two attached hydrogens (primary N) is 2. The second kappa shape index (κ2) is 5.26. The summed E-state index contributed by atoms with van der Waals surface area (Å²) in [6.07, 6.45) is 1.53. The molecule has 0 aromatic carbocycles. The fourth-order valence-corrected chi connectivity index (χ4v) is 1.47. The van der Waals surface area contributed by atoms with Gasteiger partial charge in [0.25, 0.3) is 0 Å². The van der Waals surface area contributed by atoms with Crippen LogP contribution in [0.4, 0.5) is 4.39 Å². The van der Waals surface area contributed by atoms with Crippen molar-refractivity contribution in [3.63, 3.8) is 0 Å². The van der Waals surface area contributed by atoms with Crippen LogP contribution < -0.4 is 11.5 Å². The molecule has 1 aliphatic rings. The van der Waals surface area contributed by atoms with Crippen molar-refractivity contribution in [3.8, 4) is 0 Å². The molecule has 1 rings (SSSR count). The number of hydrogen-bond acceptors (Lipinski definition) is 3. The van der Waals surface area contributed by atoms with E-state index in [9.17, 15) is 9.18 Å². The number of nitrogens with zero attached hydrogens (tertiary/aromatic N) is 1. The van der Waals surface area contributed by atoms with Crippen LogP contribution in [0, 0.1) is 0 Å². The van der Waals surface area contributed by atoms with Gasteiger partial charge in [0.15, 0.2) is 0 Å². The molecule has 1 saturated heterocycles. The molecule has 0 radical (unpaired) electrons. The summed E-state index contributed by atoms with van der Waals surface area (Å²) < 4.78 is 12.4. The standard InChI is InChI=1S/C9H18FN3O/c10-7-5-13(6-7)9(14)8(12)3-1-2-4-11/h7-8H,1-6,11-12H2. The molecule has 4 N–H and O–H groups in total. The molecule has 1 amide bonds. The molecule has 0 spiro atoms. The number of rotatable bonds is 5. The Morgan fingerprint density at radius 3 is 2.64 bits per heavy atom. The van der Waals surface area contributed by atoms with E-state index in [1.165, 1.54) is 4.90 Å². The smallest absolute Gasteiger partial charge is 0.239 e. The van der Waals surface area contributed by atoms with Crippen molar-refractivity contribution in [3.05, 3.63) is 0 Å². The molecular weight excluding hydrogens is 185 g/mol. The number of alkyl halides is 1. The number of likely N-dealkylation sites (tertiary alicyclic amines) is 1. The Labute approximate surface area is 83.4 Å². The first kappa shape index (κ1) is 11.4. The molecule has 0 saturated carbocycles. The quantitative estimate of drug-likeness (QED) is 0.598. The Morgan fingerprint density at radius 1 is 1.50 bits per heavy atom. The topological polar surface area (TPSA) is 72.3 Å². The highest BCUT2D eigenvalue weighted by molar-refractivity contribution is 5.82. The largest absolute Gasteiger partial charge is 0.335 e. The van der Waals surface area contributed by atoms with Gasteiger partial charge in [0.2, 0.25) is 5.91 Å². The Kier molecular flexibility index (Phi) is 4.28. The summed E-state index contributed by atoms with van der Waals surface area (Å²) in [4.78, 5) is 12.9. The average molecular weight is 203 g/mol. The van der Waals surface area contributed by atoms with Crippen molar-refractivity contribution in [2.75, 3.05) is 19.6 Å². The van der Waals surface area contributed by atoms with Crippen molar-refractivity contribution < 1.29 is 9.18 Å².